The fraction of sp³-hybridized carbons (Fsp3) is 0. The molecule has 0 amide bonds. The Morgan fingerprint density at radius 3 is 3.09 bits per heavy atom. The van der Waals surface area contributed by atoms with Crippen molar-refractivity contribution in [3.8, 4) is 11.2 Å². The lowest BCUT2D eigenvalue weighted by Crippen LogP contribution is -1.76. The predicted molar refractivity (Wildman–Crippen MR) is 60.4 cm³/mol. The van der Waals surface area contributed by atoms with Crippen LogP contribution in [0.1, 0.15) is 5.56 Å². The van der Waals surface area contributed by atoms with Crippen LogP contribution in [0.3, 0.4) is 0 Å². The highest BCUT2D eigenvalue weighted by atomic mass is 127. The van der Waals surface area contributed by atoms with E-state index in [2.05, 4.69) is 53.3 Å². The number of pyridine rings is 1. The average Bonchev–Trinajstić information content (AvgIpc) is 2.01. The Morgan fingerprint density at radius 1 is 1.64 bits per heavy atom. The Hall–Kier alpha value is 0.270. The number of hydrogen-bond acceptors (Lipinski definition) is 2. The molecule has 0 aromatic carbocycles. The largest absolute Gasteiger partial charge is 0.249 e. The van der Waals surface area contributed by atoms with E-state index in [-0.39, 0.29) is 0 Å². The molecule has 0 aliphatic carbocycles. The van der Waals surface area contributed by atoms with E-state index < -0.39 is 0 Å². The van der Waals surface area contributed by atoms with Crippen LogP contribution >= 0.6 is 46.1 Å². The molecule has 56 valence electrons. The van der Waals surface area contributed by atoms with Gasteiger partial charge in [0.25, 0.3) is 0 Å². The number of aromatic nitrogens is 1. The van der Waals surface area contributed by atoms with E-state index in [4.69, 9.17) is 0 Å². The van der Waals surface area contributed by atoms with Crippen LogP contribution in [-0.2, 0) is 0 Å². The molecule has 0 atom stereocenters. The highest BCUT2D eigenvalue weighted by Crippen LogP contribution is 2.10. The molecule has 1 rings (SSSR count). The van der Waals surface area contributed by atoms with Crippen molar-refractivity contribution >= 4 is 46.1 Å². The van der Waals surface area contributed by atoms with E-state index in [9.17, 15) is 0 Å². The molecule has 0 saturated carbocycles. The summed E-state index contributed by atoms with van der Waals surface area (Å²) in [7, 11) is 1.48. The summed E-state index contributed by atoms with van der Waals surface area (Å²) in [5.74, 6) is 2.97. The van der Waals surface area contributed by atoms with Gasteiger partial charge in [-0.05, 0) is 42.2 Å². The van der Waals surface area contributed by atoms with Crippen LogP contribution in [0.25, 0.3) is 0 Å². The molecule has 11 heavy (non-hydrogen) atoms. The van der Waals surface area contributed by atoms with Gasteiger partial charge in [0.05, 0.1) is 0 Å². The van der Waals surface area contributed by atoms with Crippen LogP contribution < -0.4 is 0 Å². The Labute approximate surface area is 90.1 Å². The van der Waals surface area contributed by atoms with Crippen molar-refractivity contribution in [2.45, 2.75) is 0 Å². The fourth-order valence-electron chi connectivity index (χ4n) is 0.558. The van der Waals surface area contributed by atoms with Crippen LogP contribution in [0, 0.1) is 11.2 Å². The zero-order chi connectivity index (χ0) is 8.10. The zero-order valence-corrected chi connectivity index (χ0v) is 9.90. The van der Waals surface area contributed by atoms with Crippen molar-refractivity contribution in [2.24, 2.45) is 0 Å². The maximum atomic E-state index is 3.99. The lowest BCUT2D eigenvalue weighted by molar-refractivity contribution is 1.27. The molecule has 0 aliphatic heterocycles. The summed E-state index contributed by atoms with van der Waals surface area (Å²) in [6.45, 7) is 0. The highest BCUT2D eigenvalue weighted by molar-refractivity contribution is 14.2. The third kappa shape index (κ3) is 3.45. The van der Waals surface area contributed by atoms with Crippen LogP contribution in [0.4, 0.5) is 0 Å². The maximum absolute atomic E-state index is 3.99. The highest BCUT2D eigenvalue weighted by Gasteiger charge is 1.88. The molecule has 0 unspecified atom stereocenters. The van der Waals surface area contributed by atoms with Gasteiger partial charge in [-0.3, -0.25) is 0 Å². The van der Waals surface area contributed by atoms with Crippen molar-refractivity contribution in [2.75, 3.05) is 0 Å². The molecule has 1 aromatic rings. The van der Waals surface area contributed by atoms with Gasteiger partial charge in [-0.15, -0.1) is 0 Å². The molecule has 0 fully saturated rings. The van der Waals surface area contributed by atoms with Gasteiger partial charge in [0.2, 0.25) is 0 Å². The van der Waals surface area contributed by atoms with Gasteiger partial charge in [-0.2, -0.15) is 0 Å². The summed E-state index contributed by atoms with van der Waals surface area (Å²) in [5, 5.41) is 2.90. The first-order chi connectivity index (χ1) is 5.33. The third-order valence-electron chi connectivity index (χ3n) is 0.961. The third-order valence-corrected chi connectivity index (χ3v) is 2.23. The second-order valence-electron chi connectivity index (χ2n) is 1.67. The number of rotatable bonds is 0. The van der Waals surface area contributed by atoms with Gasteiger partial charge < -0.3 is 0 Å². The lowest BCUT2D eigenvalue weighted by atomic mass is 10.3. The standard InChI is InChI=1S/C7H3BrINS/c8-7-5-6(1-3-10-7)2-4-11-9/h1,3,5H. The van der Waals surface area contributed by atoms with Gasteiger partial charge in [0.1, 0.15) is 4.60 Å². The van der Waals surface area contributed by atoms with Crippen molar-refractivity contribution in [1.82, 2.24) is 4.98 Å². The van der Waals surface area contributed by atoms with E-state index in [0.717, 1.165) is 10.2 Å². The summed E-state index contributed by atoms with van der Waals surface area (Å²) in [6, 6.07) is 3.77. The number of nitrogens with zero attached hydrogens (tertiary/aromatic N) is 1. The summed E-state index contributed by atoms with van der Waals surface area (Å²) < 4.78 is 0.822. The Balaban J connectivity index is 2.87. The molecular weight excluding hydrogens is 337 g/mol. The van der Waals surface area contributed by atoms with Crippen LogP contribution in [0.15, 0.2) is 22.9 Å². The molecule has 4 heteroatoms. The summed E-state index contributed by atoms with van der Waals surface area (Å²) in [4.78, 5) is 3.99. The predicted octanol–water partition coefficient (Wildman–Crippen LogP) is 3.24. The first-order valence-corrected chi connectivity index (χ1v) is 6.88. The first-order valence-electron chi connectivity index (χ1n) is 2.73. The van der Waals surface area contributed by atoms with Crippen LogP contribution in [0.5, 0.6) is 0 Å². The number of halogens is 2. The fourth-order valence-corrected chi connectivity index (χ4v) is 1.41. The van der Waals surface area contributed by atoms with Crippen molar-refractivity contribution in [1.29, 1.82) is 0 Å². The van der Waals surface area contributed by atoms with E-state index in [1.807, 2.05) is 12.1 Å². The van der Waals surface area contributed by atoms with Crippen molar-refractivity contribution < 1.29 is 0 Å². The SMILES string of the molecule is Brc1cc(C#CSI)ccn1. The summed E-state index contributed by atoms with van der Waals surface area (Å²) in [6.07, 6.45) is 1.73. The minimum atomic E-state index is 0.822. The van der Waals surface area contributed by atoms with E-state index in [1.165, 1.54) is 8.93 Å². The molecule has 0 spiro atoms. The molecule has 1 heterocycles. The topological polar surface area (TPSA) is 12.9 Å². The molecule has 0 radical (unpaired) electrons. The summed E-state index contributed by atoms with van der Waals surface area (Å²) in [5.41, 5.74) is 0.982. The van der Waals surface area contributed by atoms with E-state index in [0.29, 0.717) is 0 Å². The minimum absolute atomic E-state index is 0.822. The van der Waals surface area contributed by atoms with Crippen LogP contribution in [0.2, 0.25) is 0 Å². The Bertz CT molecular complexity index is 305. The molecule has 1 nitrogen and oxygen atoms in total. The Morgan fingerprint density at radius 2 is 2.45 bits per heavy atom. The molecule has 0 N–H and O–H groups in total. The lowest BCUT2D eigenvalue weighted by Gasteiger charge is -1.88. The quantitative estimate of drug-likeness (QED) is 0.409. The molecule has 1 aromatic heterocycles. The van der Waals surface area contributed by atoms with Gasteiger partial charge in [0.15, 0.2) is 0 Å². The normalized spacial score (nSPS) is 8.55. The van der Waals surface area contributed by atoms with Gasteiger partial charge in [0, 0.05) is 33.0 Å². The van der Waals surface area contributed by atoms with Crippen molar-refractivity contribution in [3.05, 3.63) is 28.5 Å². The van der Waals surface area contributed by atoms with Gasteiger partial charge in [-0.25, -0.2) is 4.98 Å². The second-order valence-corrected chi connectivity index (χ2v) is 4.16. The first kappa shape index (κ1) is 9.36. The van der Waals surface area contributed by atoms with E-state index in [1.54, 1.807) is 6.20 Å². The van der Waals surface area contributed by atoms with E-state index >= 15 is 0 Å². The zero-order valence-electron chi connectivity index (χ0n) is 5.34. The van der Waals surface area contributed by atoms with Gasteiger partial charge >= 0.3 is 0 Å². The molecular formula is C7H3BrINS. The second kappa shape index (κ2) is 5.01. The maximum Gasteiger partial charge on any atom is 0.107 e. The summed E-state index contributed by atoms with van der Waals surface area (Å²) >= 11 is 5.41. The van der Waals surface area contributed by atoms with Crippen molar-refractivity contribution in [3.63, 3.8) is 0 Å². The molecule has 0 saturated heterocycles. The average molecular weight is 340 g/mol. The van der Waals surface area contributed by atoms with Gasteiger partial charge in [-0.1, -0.05) is 5.92 Å². The number of hydrogen-bond donors (Lipinski definition) is 0. The Kier molecular flexibility index (Phi) is 4.26. The monoisotopic (exact) mass is 339 g/mol. The smallest absolute Gasteiger partial charge is 0.107 e. The van der Waals surface area contributed by atoms with Crippen LogP contribution in [-0.4, -0.2) is 4.98 Å². The minimum Gasteiger partial charge on any atom is -0.249 e. The molecule has 0 bridgehead atoms. The molecule has 0 aliphatic rings.